The summed E-state index contributed by atoms with van der Waals surface area (Å²) in [6.45, 7) is 8.18. The molecule has 1 fully saturated rings. The highest BCUT2D eigenvalue weighted by molar-refractivity contribution is 5.85. The highest BCUT2D eigenvalue weighted by Crippen LogP contribution is 2.19. The molecule has 0 aliphatic carbocycles. The van der Waals surface area contributed by atoms with E-state index >= 15 is 0 Å². The summed E-state index contributed by atoms with van der Waals surface area (Å²) in [5.74, 6) is 0.748. The summed E-state index contributed by atoms with van der Waals surface area (Å²) >= 11 is 0. The van der Waals surface area contributed by atoms with Crippen molar-refractivity contribution in [3.63, 3.8) is 0 Å². The van der Waals surface area contributed by atoms with E-state index in [9.17, 15) is 4.79 Å². The zero-order valence-corrected chi connectivity index (χ0v) is 18.1. The van der Waals surface area contributed by atoms with E-state index in [0.717, 1.165) is 31.6 Å². The summed E-state index contributed by atoms with van der Waals surface area (Å²) in [4.78, 5) is 21.5. The third kappa shape index (κ3) is 6.24. The second-order valence-corrected chi connectivity index (χ2v) is 7.50. The fourth-order valence-corrected chi connectivity index (χ4v) is 3.69. The van der Waals surface area contributed by atoms with Crippen LogP contribution in [0.3, 0.4) is 0 Å². The Morgan fingerprint density at radius 3 is 2.47 bits per heavy atom. The number of carbonyl (C=O) groups excluding carboxylic acids is 1. The van der Waals surface area contributed by atoms with Crippen molar-refractivity contribution >= 4 is 17.6 Å². The van der Waals surface area contributed by atoms with Gasteiger partial charge in [0.1, 0.15) is 6.54 Å². The first-order valence-corrected chi connectivity index (χ1v) is 10.9. The molecule has 6 nitrogen and oxygen atoms in total. The highest BCUT2D eigenvalue weighted by atomic mass is 16.2. The van der Waals surface area contributed by atoms with Crippen LogP contribution in [-0.2, 0) is 11.3 Å². The molecule has 1 saturated heterocycles. The smallest absolute Gasteiger partial charge is 0.244 e. The van der Waals surface area contributed by atoms with E-state index < -0.39 is 0 Å². The van der Waals surface area contributed by atoms with Gasteiger partial charge in [0.25, 0.3) is 0 Å². The van der Waals surface area contributed by atoms with Gasteiger partial charge in [0.2, 0.25) is 5.91 Å². The average molecular weight is 408 g/mol. The van der Waals surface area contributed by atoms with Crippen LogP contribution in [0.25, 0.3) is 0 Å². The van der Waals surface area contributed by atoms with Crippen LogP contribution in [-0.4, -0.2) is 55.5 Å². The number of guanidine groups is 1. The second-order valence-electron chi connectivity index (χ2n) is 7.50. The van der Waals surface area contributed by atoms with Gasteiger partial charge in [-0.05, 0) is 38.0 Å². The van der Waals surface area contributed by atoms with Crippen LogP contribution in [0.2, 0.25) is 0 Å². The summed E-state index contributed by atoms with van der Waals surface area (Å²) in [6.07, 6.45) is 1.04. The number of nitrogens with one attached hydrogen (secondary N) is 2. The Bertz CT molecular complexity index is 809. The molecule has 3 rings (SSSR count). The number of hydrogen-bond donors (Lipinski definition) is 2. The molecule has 30 heavy (non-hydrogen) atoms. The van der Waals surface area contributed by atoms with E-state index in [4.69, 9.17) is 0 Å². The summed E-state index contributed by atoms with van der Waals surface area (Å²) in [5, 5.41) is 6.78. The highest BCUT2D eigenvalue weighted by Gasteiger charge is 2.23. The molecule has 2 aromatic rings. The molecule has 0 bridgehead atoms. The molecule has 0 spiro atoms. The Morgan fingerprint density at radius 2 is 1.80 bits per heavy atom. The lowest BCUT2D eigenvalue weighted by Crippen LogP contribution is -2.45. The maximum atomic E-state index is 12.7. The minimum Gasteiger partial charge on any atom is -0.369 e. The molecular formula is C24H33N5O. The van der Waals surface area contributed by atoms with Crippen LogP contribution in [0.4, 0.5) is 5.69 Å². The van der Waals surface area contributed by atoms with Crippen molar-refractivity contribution in [1.29, 1.82) is 0 Å². The van der Waals surface area contributed by atoms with Crippen LogP contribution < -0.4 is 15.5 Å². The number of likely N-dealkylation sites (N-methyl/N-ethyl adjacent to an activating group) is 1. The zero-order chi connectivity index (χ0) is 21.2. The van der Waals surface area contributed by atoms with Gasteiger partial charge in [0.05, 0.1) is 0 Å². The normalized spacial score (nSPS) is 16.4. The molecule has 0 aromatic heterocycles. The Morgan fingerprint density at radius 1 is 1.10 bits per heavy atom. The summed E-state index contributed by atoms with van der Waals surface area (Å²) in [7, 11) is 0. The average Bonchev–Trinajstić information content (AvgIpc) is 3.25. The van der Waals surface area contributed by atoms with E-state index in [1.54, 1.807) is 0 Å². The number of para-hydroxylation sites is 1. The quantitative estimate of drug-likeness (QED) is 0.522. The Hall–Kier alpha value is -3.02. The van der Waals surface area contributed by atoms with E-state index in [2.05, 4.69) is 44.8 Å². The van der Waals surface area contributed by atoms with Gasteiger partial charge in [-0.25, -0.2) is 4.99 Å². The van der Waals surface area contributed by atoms with Gasteiger partial charge in [-0.2, -0.15) is 0 Å². The van der Waals surface area contributed by atoms with Crippen LogP contribution in [0.5, 0.6) is 0 Å². The third-order valence-corrected chi connectivity index (χ3v) is 5.32. The molecule has 1 heterocycles. The lowest BCUT2D eigenvalue weighted by atomic mass is 10.2. The van der Waals surface area contributed by atoms with Crippen molar-refractivity contribution < 1.29 is 4.79 Å². The molecule has 1 aliphatic heterocycles. The second kappa shape index (κ2) is 11.2. The number of benzene rings is 2. The molecule has 160 valence electrons. The van der Waals surface area contributed by atoms with Gasteiger partial charge < -0.3 is 20.4 Å². The van der Waals surface area contributed by atoms with Crippen molar-refractivity contribution in [2.75, 3.05) is 37.6 Å². The van der Waals surface area contributed by atoms with Gasteiger partial charge in [-0.1, -0.05) is 48.5 Å². The van der Waals surface area contributed by atoms with Crippen LogP contribution in [0.15, 0.2) is 65.7 Å². The van der Waals surface area contributed by atoms with E-state index in [1.165, 1.54) is 5.69 Å². The predicted octanol–water partition coefficient (Wildman–Crippen LogP) is 2.87. The third-order valence-electron chi connectivity index (χ3n) is 5.32. The lowest BCUT2D eigenvalue weighted by molar-refractivity contribution is -0.130. The molecule has 6 heteroatoms. The Labute approximate surface area is 180 Å². The zero-order valence-electron chi connectivity index (χ0n) is 18.1. The van der Waals surface area contributed by atoms with Gasteiger partial charge in [0.15, 0.2) is 5.96 Å². The summed E-state index contributed by atoms with van der Waals surface area (Å²) in [6, 6.07) is 20.9. The molecule has 1 amide bonds. The first-order chi connectivity index (χ1) is 14.7. The van der Waals surface area contributed by atoms with Crippen molar-refractivity contribution in [3.8, 4) is 0 Å². The first-order valence-electron chi connectivity index (χ1n) is 10.9. The van der Waals surface area contributed by atoms with Gasteiger partial charge in [0, 0.05) is 44.5 Å². The molecular weight excluding hydrogens is 374 g/mol. The monoisotopic (exact) mass is 407 g/mol. The van der Waals surface area contributed by atoms with Crippen molar-refractivity contribution in [3.05, 3.63) is 66.2 Å². The number of nitrogens with zero attached hydrogens (tertiary/aromatic N) is 3. The number of rotatable bonds is 8. The molecule has 0 radical (unpaired) electrons. The molecule has 2 N–H and O–H groups in total. The van der Waals surface area contributed by atoms with Gasteiger partial charge >= 0.3 is 0 Å². The fraction of sp³-hybridized carbons (Fsp3) is 0.417. The molecule has 2 aromatic carbocycles. The minimum absolute atomic E-state index is 0.0379. The maximum absolute atomic E-state index is 12.7. The van der Waals surface area contributed by atoms with E-state index in [1.807, 2.05) is 55.1 Å². The minimum atomic E-state index is 0.0379. The SMILES string of the molecule is CCNC(=NCC(=O)N(CC)Cc1ccccc1)NC1CCN(c2ccccc2)C1. The van der Waals surface area contributed by atoms with Crippen molar-refractivity contribution in [1.82, 2.24) is 15.5 Å². The first kappa shape index (κ1) is 21.7. The maximum Gasteiger partial charge on any atom is 0.244 e. The van der Waals surface area contributed by atoms with E-state index in [0.29, 0.717) is 25.1 Å². The standard InChI is InChI=1S/C24H33N5O/c1-3-25-24(27-21-15-16-29(19-21)22-13-9-6-10-14-22)26-17-23(30)28(4-2)18-20-11-7-5-8-12-20/h5-14,21H,3-4,15-19H2,1-2H3,(H2,25,26,27). The van der Waals surface area contributed by atoms with E-state index in [-0.39, 0.29) is 12.5 Å². The van der Waals surface area contributed by atoms with Crippen LogP contribution in [0.1, 0.15) is 25.8 Å². The fourth-order valence-electron chi connectivity index (χ4n) is 3.69. The predicted molar refractivity (Wildman–Crippen MR) is 124 cm³/mol. The largest absolute Gasteiger partial charge is 0.369 e. The number of amides is 1. The number of carbonyl (C=O) groups is 1. The summed E-state index contributed by atoms with van der Waals surface area (Å²) < 4.78 is 0. The topological polar surface area (TPSA) is 60.0 Å². The molecule has 1 aliphatic rings. The molecule has 1 unspecified atom stereocenters. The Balaban J connectivity index is 1.55. The van der Waals surface area contributed by atoms with Crippen molar-refractivity contribution in [2.45, 2.75) is 32.9 Å². The van der Waals surface area contributed by atoms with Gasteiger partial charge in [-0.3, -0.25) is 4.79 Å². The summed E-state index contributed by atoms with van der Waals surface area (Å²) in [5.41, 5.74) is 2.38. The molecule has 0 saturated carbocycles. The van der Waals surface area contributed by atoms with Crippen molar-refractivity contribution in [2.24, 2.45) is 4.99 Å². The number of aliphatic imine (C=N–C) groups is 1. The number of anilines is 1. The lowest BCUT2D eigenvalue weighted by Gasteiger charge is -2.22. The van der Waals surface area contributed by atoms with Gasteiger partial charge in [-0.15, -0.1) is 0 Å². The molecule has 1 atom stereocenters. The Kier molecular flexibility index (Phi) is 8.12. The van der Waals surface area contributed by atoms with Crippen LogP contribution >= 0.6 is 0 Å². The van der Waals surface area contributed by atoms with Crippen LogP contribution in [0, 0.1) is 0 Å². The number of hydrogen-bond acceptors (Lipinski definition) is 3.